The molecule has 2 N–H and O–H groups in total. The maximum atomic E-state index is 6.03. The zero-order valence-electron chi connectivity index (χ0n) is 12.4. The number of para-hydroxylation sites is 1. The van der Waals surface area contributed by atoms with Crippen molar-refractivity contribution in [3.8, 4) is 0 Å². The molecule has 0 bridgehead atoms. The molecule has 1 heterocycles. The molecule has 1 saturated heterocycles. The van der Waals surface area contributed by atoms with Crippen LogP contribution < -0.4 is 10.6 Å². The Morgan fingerprint density at radius 2 is 1.38 bits per heavy atom. The molecule has 0 radical (unpaired) electrons. The van der Waals surface area contributed by atoms with Gasteiger partial charge in [0.1, 0.15) is 0 Å². The van der Waals surface area contributed by atoms with Crippen LogP contribution in [-0.2, 0) is 0 Å². The Balaban J connectivity index is 1.65. The van der Waals surface area contributed by atoms with Gasteiger partial charge in [-0.2, -0.15) is 0 Å². The first-order chi connectivity index (χ1) is 10.4. The quantitative estimate of drug-likeness (QED) is 0.934. The second-order valence-electron chi connectivity index (χ2n) is 5.52. The van der Waals surface area contributed by atoms with Crippen LogP contribution in [0.1, 0.15) is 11.6 Å². The highest BCUT2D eigenvalue weighted by molar-refractivity contribution is 5.46. The molecule has 3 heteroatoms. The number of hydrogen-bond donors (Lipinski definition) is 1. The fourth-order valence-corrected chi connectivity index (χ4v) is 3.10. The van der Waals surface area contributed by atoms with Gasteiger partial charge in [0.2, 0.25) is 0 Å². The minimum Gasteiger partial charge on any atom is -0.369 e. The summed E-state index contributed by atoms with van der Waals surface area (Å²) in [7, 11) is 0. The number of nitrogens with two attached hydrogens (primary N) is 1. The zero-order chi connectivity index (χ0) is 14.5. The van der Waals surface area contributed by atoms with Gasteiger partial charge in [0.15, 0.2) is 0 Å². The van der Waals surface area contributed by atoms with Crippen molar-refractivity contribution in [1.82, 2.24) is 4.90 Å². The molecule has 1 fully saturated rings. The third-order valence-corrected chi connectivity index (χ3v) is 4.28. The molecular formula is C18H23N3. The van der Waals surface area contributed by atoms with E-state index in [-0.39, 0.29) is 0 Å². The van der Waals surface area contributed by atoms with Gasteiger partial charge in [-0.1, -0.05) is 48.5 Å². The Morgan fingerprint density at radius 1 is 0.810 bits per heavy atom. The largest absolute Gasteiger partial charge is 0.369 e. The van der Waals surface area contributed by atoms with E-state index in [1.54, 1.807) is 0 Å². The summed E-state index contributed by atoms with van der Waals surface area (Å²) in [6.45, 7) is 4.92. The monoisotopic (exact) mass is 281 g/mol. The molecule has 2 aromatic carbocycles. The normalized spacial score (nSPS) is 17.7. The Labute approximate surface area is 127 Å². The van der Waals surface area contributed by atoms with Crippen molar-refractivity contribution in [3.63, 3.8) is 0 Å². The smallest absolute Gasteiger partial charge is 0.0471 e. The lowest BCUT2D eigenvalue weighted by Crippen LogP contribution is -2.49. The van der Waals surface area contributed by atoms with Gasteiger partial charge < -0.3 is 10.6 Å². The third-order valence-electron chi connectivity index (χ3n) is 4.28. The average molecular weight is 281 g/mol. The van der Waals surface area contributed by atoms with E-state index in [0.717, 1.165) is 26.2 Å². The fourth-order valence-electron chi connectivity index (χ4n) is 3.10. The van der Waals surface area contributed by atoms with Gasteiger partial charge in [-0.3, -0.25) is 4.90 Å². The number of piperazine rings is 1. The maximum absolute atomic E-state index is 6.03. The molecule has 110 valence electrons. The number of hydrogen-bond acceptors (Lipinski definition) is 3. The van der Waals surface area contributed by atoms with Crippen molar-refractivity contribution in [2.24, 2.45) is 5.73 Å². The number of nitrogens with zero attached hydrogens (tertiary/aromatic N) is 2. The Kier molecular flexibility index (Phi) is 4.53. The molecule has 0 aliphatic carbocycles. The zero-order valence-corrected chi connectivity index (χ0v) is 12.4. The summed E-state index contributed by atoms with van der Waals surface area (Å²) in [5.74, 6) is 0. The van der Waals surface area contributed by atoms with Crippen molar-refractivity contribution in [3.05, 3.63) is 66.2 Å². The van der Waals surface area contributed by atoms with E-state index in [1.807, 2.05) is 0 Å². The summed E-state index contributed by atoms with van der Waals surface area (Å²) in [5, 5.41) is 0. The fraction of sp³-hybridized carbons (Fsp3) is 0.333. The van der Waals surface area contributed by atoms with E-state index >= 15 is 0 Å². The van der Waals surface area contributed by atoms with E-state index in [0.29, 0.717) is 12.6 Å². The van der Waals surface area contributed by atoms with Gasteiger partial charge in [-0.15, -0.1) is 0 Å². The summed E-state index contributed by atoms with van der Waals surface area (Å²) in [6, 6.07) is 21.6. The van der Waals surface area contributed by atoms with Gasteiger partial charge >= 0.3 is 0 Å². The van der Waals surface area contributed by atoms with E-state index in [2.05, 4.69) is 70.5 Å². The highest BCUT2D eigenvalue weighted by Crippen LogP contribution is 2.23. The molecule has 3 nitrogen and oxygen atoms in total. The SMILES string of the molecule is NCC(c1ccccc1)N1CCN(c2ccccc2)CC1. The van der Waals surface area contributed by atoms with E-state index in [1.165, 1.54) is 11.3 Å². The van der Waals surface area contributed by atoms with E-state index in [4.69, 9.17) is 5.73 Å². The van der Waals surface area contributed by atoms with Gasteiger partial charge in [0.05, 0.1) is 0 Å². The van der Waals surface area contributed by atoms with E-state index in [9.17, 15) is 0 Å². The maximum Gasteiger partial charge on any atom is 0.0471 e. The predicted octanol–water partition coefficient (Wildman–Crippen LogP) is 2.51. The topological polar surface area (TPSA) is 32.5 Å². The predicted molar refractivity (Wildman–Crippen MR) is 88.5 cm³/mol. The molecule has 1 aliphatic heterocycles. The van der Waals surface area contributed by atoms with Crippen molar-refractivity contribution in [1.29, 1.82) is 0 Å². The number of benzene rings is 2. The lowest BCUT2D eigenvalue weighted by Gasteiger charge is -2.40. The van der Waals surface area contributed by atoms with Gasteiger partial charge in [0, 0.05) is 44.5 Å². The summed E-state index contributed by atoms with van der Waals surface area (Å²) in [4.78, 5) is 4.96. The second-order valence-corrected chi connectivity index (χ2v) is 5.52. The Hall–Kier alpha value is -1.84. The minimum atomic E-state index is 0.337. The number of rotatable bonds is 4. The van der Waals surface area contributed by atoms with Gasteiger partial charge in [0.25, 0.3) is 0 Å². The van der Waals surface area contributed by atoms with Gasteiger partial charge in [-0.25, -0.2) is 0 Å². The van der Waals surface area contributed by atoms with E-state index < -0.39 is 0 Å². The van der Waals surface area contributed by atoms with Crippen LogP contribution in [0.5, 0.6) is 0 Å². The molecule has 1 aliphatic rings. The molecule has 2 aromatic rings. The van der Waals surface area contributed by atoms with Crippen LogP contribution in [0.15, 0.2) is 60.7 Å². The molecule has 0 aromatic heterocycles. The lowest BCUT2D eigenvalue weighted by molar-refractivity contribution is 0.190. The van der Waals surface area contributed by atoms with Crippen molar-refractivity contribution in [2.45, 2.75) is 6.04 Å². The minimum absolute atomic E-state index is 0.337. The Bertz CT molecular complexity index is 533. The van der Waals surface area contributed by atoms with Crippen molar-refractivity contribution < 1.29 is 0 Å². The second kappa shape index (κ2) is 6.74. The third kappa shape index (κ3) is 3.26. The molecule has 21 heavy (non-hydrogen) atoms. The Morgan fingerprint density at radius 3 is 1.95 bits per heavy atom. The first kappa shape index (κ1) is 14.1. The summed E-state index contributed by atoms with van der Waals surface area (Å²) in [6.07, 6.45) is 0. The molecule has 0 amide bonds. The lowest BCUT2D eigenvalue weighted by atomic mass is 10.0. The van der Waals surface area contributed by atoms with Crippen molar-refractivity contribution in [2.75, 3.05) is 37.6 Å². The first-order valence-corrected chi connectivity index (χ1v) is 7.67. The molecule has 0 saturated carbocycles. The van der Waals surface area contributed by atoms with Crippen LogP contribution in [0.2, 0.25) is 0 Å². The average Bonchev–Trinajstić information content (AvgIpc) is 2.58. The molecular weight excluding hydrogens is 258 g/mol. The van der Waals surface area contributed by atoms with Crippen LogP contribution >= 0.6 is 0 Å². The summed E-state index contributed by atoms with van der Waals surface area (Å²) in [5.41, 5.74) is 8.67. The van der Waals surface area contributed by atoms with Crippen LogP contribution in [0.3, 0.4) is 0 Å². The van der Waals surface area contributed by atoms with Gasteiger partial charge in [-0.05, 0) is 17.7 Å². The van der Waals surface area contributed by atoms with Crippen LogP contribution in [0, 0.1) is 0 Å². The number of anilines is 1. The first-order valence-electron chi connectivity index (χ1n) is 7.67. The highest BCUT2D eigenvalue weighted by atomic mass is 15.3. The van der Waals surface area contributed by atoms with Crippen LogP contribution in [0.4, 0.5) is 5.69 Å². The van der Waals surface area contributed by atoms with Crippen LogP contribution in [-0.4, -0.2) is 37.6 Å². The van der Waals surface area contributed by atoms with Crippen LogP contribution in [0.25, 0.3) is 0 Å². The molecule has 0 spiro atoms. The molecule has 1 unspecified atom stereocenters. The standard InChI is InChI=1S/C18H23N3/c19-15-18(16-7-3-1-4-8-16)21-13-11-20(12-14-21)17-9-5-2-6-10-17/h1-10,18H,11-15,19H2. The molecule has 3 rings (SSSR count). The summed E-state index contributed by atoms with van der Waals surface area (Å²) >= 11 is 0. The summed E-state index contributed by atoms with van der Waals surface area (Å²) < 4.78 is 0. The van der Waals surface area contributed by atoms with Crippen molar-refractivity contribution >= 4 is 5.69 Å². The molecule has 1 atom stereocenters. The highest BCUT2D eigenvalue weighted by Gasteiger charge is 2.23.